The molecule has 0 saturated carbocycles. The first-order chi connectivity index (χ1) is 7.76. The quantitative estimate of drug-likeness (QED) is 0.584. The lowest BCUT2D eigenvalue weighted by Gasteiger charge is -2.08. The van der Waals surface area contributed by atoms with Crippen molar-refractivity contribution in [1.29, 1.82) is 0 Å². The van der Waals surface area contributed by atoms with Crippen LogP contribution in [0.1, 0.15) is 0 Å². The zero-order chi connectivity index (χ0) is 12.0. The van der Waals surface area contributed by atoms with E-state index in [1.54, 1.807) is 0 Å². The summed E-state index contributed by atoms with van der Waals surface area (Å²) in [4.78, 5) is 0. The molecule has 16 heavy (non-hydrogen) atoms. The Balaban J connectivity index is 3.13. The molecule has 0 aromatic heterocycles. The van der Waals surface area contributed by atoms with Crippen molar-refractivity contribution < 1.29 is 18.9 Å². The van der Waals surface area contributed by atoms with E-state index in [9.17, 15) is 0 Å². The second-order valence-electron chi connectivity index (χ2n) is 2.44. The van der Waals surface area contributed by atoms with Gasteiger partial charge in [0.1, 0.15) is 0 Å². The third-order valence-electron chi connectivity index (χ3n) is 1.60. The van der Waals surface area contributed by atoms with Crippen LogP contribution in [-0.2, 0) is 18.9 Å². The van der Waals surface area contributed by atoms with Gasteiger partial charge in [-0.05, 0) is 0 Å². The number of hydrogen-bond donors (Lipinski definition) is 0. The van der Waals surface area contributed by atoms with E-state index in [1.807, 2.05) is 0 Å². The van der Waals surface area contributed by atoms with Crippen molar-refractivity contribution in [2.45, 2.75) is 0 Å². The maximum atomic E-state index is 4.91. The molecule has 0 atom stereocenters. The zero-order valence-electron chi connectivity index (χ0n) is 9.42. The molecule has 8 heteroatoms. The van der Waals surface area contributed by atoms with Crippen LogP contribution in [0.3, 0.4) is 0 Å². The Labute approximate surface area is 92.3 Å². The minimum absolute atomic E-state index is 0.0935. The van der Waals surface area contributed by atoms with E-state index in [0.29, 0.717) is 0 Å². The Morgan fingerprint density at radius 3 is 0.812 bits per heavy atom. The molecule has 1 aliphatic heterocycles. The van der Waals surface area contributed by atoms with Crippen LogP contribution in [-0.4, -0.2) is 52.0 Å². The summed E-state index contributed by atoms with van der Waals surface area (Å²) in [5, 5.41) is 15.0. The van der Waals surface area contributed by atoms with E-state index in [4.69, 9.17) is 18.9 Å². The summed E-state index contributed by atoms with van der Waals surface area (Å²) in [5.41, 5.74) is 0. The molecule has 0 amide bonds. The smallest absolute Gasteiger partial charge is 0.298 e. The van der Waals surface area contributed by atoms with E-state index < -0.39 is 0 Å². The fourth-order valence-corrected chi connectivity index (χ4v) is 0.865. The second-order valence-corrected chi connectivity index (χ2v) is 2.44. The second kappa shape index (κ2) is 5.69. The number of hydrogen-bond acceptors (Lipinski definition) is 8. The van der Waals surface area contributed by atoms with E-state index >= 15 is 0 Å². The third-order valence-corrected chi connectivity index (χ3v) is 1.60. The van der Waals surface area contributed by atoms with Gasteiger partial charge in [-0.2, -0.15) is 0 Å². The highest BCUT2D eigenvalue weighted by Gasteiger charge is 2.17. The summed E-state index contributed by atoms with van der Waals surface area (Å²) in [7, 11) is 5.66. The average Bonchev–Trinajstić information content (AvgIpc) is 2.30. The molecule has 0 fully saturated rings. The largest absolute Gasteiger partial charge is 0.476 e. The van der Waals surface area contributed by atoms with Crippen molar-refractivity contribution >= 4 is 23.6 Å². The molecule has 1 aliphatic rings. The van der Waals surface area contributed by atoms with Gasteiger partial charge in [-0.3, -0.25) is 0 Å². The van der Waals surface area contributed by atoms with Gasteiger partial charge >= 0.3 is 0 Å². The maximum absolute atomic E-state index is 4.91. The van der Waals surface area contributed by atoms with Crippen molar-refractivity contribution in [3.8, 4) is 0 Å². The number of methoxy groups -OCH3 is 4. The predicted molar refractivity (Wildman–Crippen MR) is 57.8 cm³/mol. The minimum atomic E-state index is 0.0935. The molecule has 0 spiro atoms. The van der Waals surface area contributed by atoms with Crippen LogP contribution in [0.4, 0.5) is 0 Å². The highest BCUT2D eigenvalue weighted by atomic mass is 16.5. The van der Waals surface area contributed by atoms with Crippen LogP contribution in [0.25, 0.3) is 0 Å². The lowest BCUT2D eigenvalue weighted by Crippen LogP contribution is -2.23. The SMILES string of the molecule is COC1=NN=C(OC)C(OC)=NN=C1OC. The van der Waals surface area contributed by atoms with Gasteiger partial charge in [0.2, 0.25) is 0 Å². The van der Waals surface area contributed by atoms with Crippen LogP contribution in [0.2, 0.25) is 0 Å². The Bertz CT molecular complexity index is 300. The van der Waals surface area contributed by atoms with E-state index in [2.05, 4.69) is 20.4 Å². The average molecular weight is 228 g/mol. The standard InChI is InChI=1S/C8H12N4O4/c1-13-5-6(14-2)10-12-8(16-4)7(15-3)11-9-5/h1-4H3. The fraction of sp³-hybridized carbons (Fsp3) is 0.500. The first kappa shape index (κ1) is 12.0. The van der Waals surface area contributed by atoms with Crippen LogP contribution in [0.15, 0.2) is 20.4 Å². The zero-order valence-corrected chi connectivity index (χ0v) is 9.42. The molecule has 0 saturated heterocycles. The van der Waals surface area contributed by atoms with Gasteiger partial charge in [0.15, 0.2) is 0 Å². The van der Waals surface area contributed by atoms with E-state index in [1.165, 1.54) is 28.4 Å². The molecule has 1 rings (SSSR count). The molecule has 0 bridgehead atoms. The monoisotopic (exact) mass is 228 g/mol. The van der Waals surface area contributed by atoms with Crippen LogP contribution < -0.4 is 0 Å². The van der Waals surface area contributed by atoms with Crippen molar-refractivity contribution in [3.63, 3.8) is 0 Å². The summed E-state index contributed by atoms with van der Waals surface area (Å²) in [6.45, 7) is 0. The van der Waals surface area contributed by atoms with E-state index in [0.717, 1.165) is 0 Å². The molecular weight excluding hydrogens is 216 g/mol. The fourth-order valence-electron chi connectivity index (χ4n) is 0.865. The van der Waals surface area contributed by atoms with E-state index in [-0.39, 0.29) is 23.6 Å². The van der Waals surface area contributed by atoms with Crippen molar-refractivity contribution in [1.82, 2.24) is 0 Å². The lowest BCUT2D eigenvalue weighted by atomic mass is 10.6. The maximum Gasteiger partial charge on any atom is 0.298 e. The van der Waals surface area contributed by atoms with Gasteiger partial charge in [0.05, 0.1) is 28.4 Å². The number of rotatable bonds is 0. The van der Waals surface area contributed by atoms with Gasteiger partial charge in [-0.25, -0.2) is 0 Å². The highest BCUT2D eigenvalue weighted by Crippen LogP contribution is 1.99. The molecule has 0 aromatic rings. The van der Waals surface area contributed by atoms with Crippen molar-refractivity contribution in [3.05, 3.63) is 0 Å². The molecule has 0 aromatic carbocycles. The summed E-state index contributed by atoms with van der Waals surface area (Å²) in [6, 6.07) is 0. The Morgan fingerprint density at radius 2 is 0.688 bits per heavy atom. The van der Waals surface area contributed by atoms with Crippen molar-refractivity contribution in [2.75, 3.05) is 28.4 Å². The van der Waals surface area contributed by atoms with Crippen LogP contribution in [0, 0.1) is 0 Å². The molecule has 0 aliphatic carbocycles. The van der Waals surface area contributed by atoms with Crippen molar-refractivity contribution in [2.24, 2.45) is 20.4 Å². The topological polar surface area (TPSA) is 86.4 Å². The summed E-state index contributed by atoms with van der Waals surface area (Å²) in [5.74, 6) is 0.374. The molecule has 0 unspecified atom stereocenters. The first-order valence-corrected chi connectivity index (χ1v) is 4.24. The first-order valence-electron chi connectivity index (χ1n) is 4.24. The molecule has 1 heterocycles. The molecule has 8 nitrogen and oxygen atoms in total. The Hall–Kier alpha value is -2.12. The normalized spacial score (nSPS) is 15.8. The van der Waals surface area contributed by atoms with Crippen LogP contribution >= 0.6 is 0 Å². The summed E-state index contributed by atoms with van der Waals surface area (Å²) in [6.07, 6.45) is 0. The molecule has 0 radical (unpaired) electrons. The number of nitrogens with zero attached hydrogens (tertiary/aromatic N) is 4. The number of ether oxygens (including phenoxy) is 4. The van der Waals surface area contributed by atoms with Gasteiger partial charge in [-0.1, -0.05) is 0 Å². The summed E-state index contributed by atoms with van der Waals surface area (Å²) >= 11 is 0. The third kappa shape index (κ3) is 2.47. The van der Waals surface area contributed by atoms with Gasteiger partial charge in [0, 0.05) is 0 Å². The van der Waals surface area contributed by atoms with Gasteiger partial charge < -0.3 is 18.9 Å². The van der Waals surface area contributed by atoms with Crippen LogP contribution in [0.5, 0.6) is 0 Å². The Morgan fingerprint density at radius 1 is 0.500 bits per heavy atom. The summed E-state index contributed by atoms with van der Waals surface area (Å²) < 4.78 is 19.7. The molecule has 88 valence electrons. The highest BCUT2D eigenvalue weighted by molar-refractivity contribution is 6.38. The molecular formula is C8H12N4O4. The molecule has 0 N–H and O–H groups in total. The van der Waals surface area contributed by atoms with Gasteiger partial charge in [0.25, 0.3) is 23.6 Å². The Kier molecular flexibility index (Phi) is 4.25. The minimum Gasteiger partial charge on any atom is -0.476 e. The van der Waals surface area contributed by atoms with Gasteiger partial charge in [-0.15, -0.1) is 20.4 Å². The predicted octanol–water partition coefficient (Wildman–Crippen LogP) is 0.00960. The lowest BCUT2D eigenvalue weighted by molar-refractivity contribution is 0.355.